The van der Waals surface area contributed by atoms with Gasteiger partial charge in [-0.3, -0.25) is 0 Å². The summed E-state index contributed by atoms with van der Waals surface area (Å²) < 4.78 is 11.2. The maximum absolute atomic E-state index is 12.9. The normalized spacial score (nSPS) is 14.5. The molecule has 1 aliphatic rings. The first-order valence-electron chi connectivity index (χ1n) is 10.2. The van der Waals surface area contributed by atoms with Crippen LogP contribution in [0.1, 0.15) is 41.3 Å². The lowest BCUT2D eigenvalue weighted by Gasteiger charge is -2.23. The van der Waals surface area contributed by atoms with E-state index in [9.17, 15) is 4.79 Å². The van der Waals surface area contributed by atoms with E-state index in [1.165, 1.54) is 5.56 Å². The largest absolute Gasteiger partial charge is 0.486 e. The Labute approximate surface area is 177 Å². The number of amides is 2. The van der Waals surface area contributed by atoms with E-state index in [0.29, 0.717) is 13.2 Å². The summed E-state index contributed by atoms with van der Waals surface area (Å²) in [5.74, 6) is 1.46. The van der Waals surface area contributed by atoms with Gasteiger partial charge in [0.2, 0.25) is 0 Å². The number of aryl methyl sites for hydroxylation is 1. The number of carbonyl (C=O) groups is 1. The highest BCUT2D eigenvalue weighted by Crippen LogP contribution is 2.32. The second kappa shape index (κ2) is 8.91. The number of hydrogen-bond acceptors (Lipinski definition) is 3. The molecular weight excluding hydrogens is 376 g/mol. The lowest BCUT2D eigenvalue weighted by molar-refractivity contribution is 0.171. The first kappa shape index (κ1) is 19.8. The van der Waals surface area contributed by atoms with E-state index in [0.717, 1.165) is 28.2 Å². The van der Waals surface area contributed by atoms with Gasteiger partial charge in [-0.05, 0) is 42.7 Å². The van der Waals surface area contributed by atoms with Crippen LogP contribution in [-0.2, 0) is 0 Å². The Bertz CT molecular complexity index is 1000. The summed E-state index contributed by atoms with van der Waals surface area (Å²) >= 11 is 0. The fraction of sp³-hybridized carbons (Fsp3) is 0.240. The maximum atomic E-state index is 12.9. The van der Waals surface area contributed by atoms with Crippen molar-refractivity contribution < 1.29 is 14.3 Å². The zero-order valence-corrected chi connectivity index (χ0v) is 17.2. The predicted octanol–water partition coefficient (Wildman–Crippen LogP) is 4.92. The number of carbonyl (C=O) groups excluding carboxylic acids is 1. The van der Waals surface area contributed by atoms with Gasteiger partial charge in [-0.1, -0.05) is 66.2 Å². The molecule has 5 heteroatoms. The van der Waals surface area contributed by atoms with Gasteiger partial charge >= 0.3 is 6.03 Å². The molecule has 1 aliphatic heterocycles. The Balaban J connectivity index is 1.49. The minimum atomic E-state index is -0.237. The molecule has 2 unspecified atom stereocenters. The molecule has 0 aliphatic carbocycles. The van der Waals surface area contributed by atoms with Crippen LogP contribution in [0.25, 0.3) is 0 Å². The zero-order valence-electron chi connectivity index (χ0n) is 17.2. The highest BCUT2D eigenvalue weighted by molar-refractivity contribution is 5.75. The Morgan fingerprint density at radius 3 is 2.17 bits per heavy atom. The smallest absolute Gasteiger partial charge is 0.316 e. The maximum Gasteiger partial charge on any atom is 0.316 e. The SMILES string of the molecule is Cc1ccc(C(NC(=O)NC(C)c2ccc3c(c2)OCCO3)c2ccccc2)cc1. The summed E-state index contributed by atoms with van der Waals surface area (Å²) in [6.07, 6.45) is 0. The van der Waals surface area contributed by atoms with Crippen LogP contribution in [0.15, 0.2) is 72.8 Å². The molecule has 0 aromatic heterocycles. The van der Waals surface area contributed by atoms with Crippen molar-refractivity contribution in [3.8, 4) is 11.5 Å². The molecule has 1 heterocycles. The van der Waals surface area contributed by atoms with Crippen LogP contribution >= 0.6 is 0 Å². The summed E-state index contributed by atoms with van der Waals surface area (Å²) in [5, 5.41) is 6.16. The average molecular weight is 402 g/mol. The quantitative estimate of drug-likeness (QED) is 0.637. The summed E-state index contributed by atoms with van der Waals surface area (Å²) in [7, 11) is 0. The second-order valence-corrected chi connectivity index (χ2v) is 7.50. The molecule has 0 saturated heterocycles. The summed E-state index contributed by atoms with van der Waals surface area (Å²) in [6.45, 7) is 5.10. The Morgan fingerprint density at radius 2 is 1.43 bits per heavy atom. The van der Waals surface area contributed by atoms with Crippen LogP contribution < -0.4 is 20.1 Å². The minimum absolute atomic E-state index is 0.185. The number of benzene rings is 3. The Kier molecular flexibility index (Phi) is 5.89. The third-order valence-electron chi connectivity index (χ3n) is 5.23. The summed E-state index contributed by atoms with van der Waals surface area (Å²) in [4.78, 5) is 12.9. The van der Waals surface area contributed by atoms with Crippen molar-refractivity contribution >= 4 is 6.03 Å². The van der Waals surface area contributed by atoms with Crippen LogP contribution in [0.3, 0.4) is 0 Å². The molecule has 154 valence electrons. The van der Waals surface area contributed by atoms with E-state index in [2.05, 4.69) is 41.8 Å². The molecule has 3 aromatic carbocycles. The molecule has 0 saturated carbocycles. The van der Waals surface area contributed by atoms with Crippen molar-refractivity contribution in [3.63, 3.8) is 0 Å². The van der Waals surface area contributed by atoms with Crippen molar-refractivity contribution in [3.05, 3.63) is 95.1 Å². The van der Waals surface area contributed by atoms with Gasteiger partial charge in [0.15, 0.2) is 11.5 Å². The van der Waals surface area contributed by atoms with E-state index in [-0.39, 0.29) is 18.1 Å². The fourth-order valence-electron chi connectivity index (χ4n) is 3.55. The molecule has 0 radical (unpaired) electrons. The van der Waals surface area contributed by atoms with Crippen LogP contribution in [-0.4, -0.2) is 19.2 Å². The van der Waals surface area contributed by atoms with Gasteiger partial charge in [0, 0.05) is 0 Å². The highest BCUT2D eigenvalue weighted by atomic mass is 16.6. The van der Waals surface area contributed by atoms with Gasteiger partial charge in [0.1, 0.15) is 13.2 Å². The molecule has 5 nitrogen and oxygen atoms in total. The summed E-state index contributed by atoms with van der Waals surface area (Å²) in [5.41, 5.74) is 4.21. The molecule has 2 N–H and O–H groups in total. The van der Waals surface area contributed by atoms with Crippen molar-refractivity contribution in [1.82, 2.24) is 10.6 Å². The van der Waals surface area contributed by atoms with Gasteiger partial charge in [-0.15, -0.1) is 0 Å². The molecule has 0 fully saturated rings. The molecule has 0 bridgehead atoms. The zero-order chi connectivity index (χ0) is 20.9. The van der Waals surface area contributed by atoms with Gasteiger partial charge in [-0.25, -0.2) is 4.79 Å². The third-order valence-corrected chi connectivity index (χ3v) is 5.23. The van der Waals surface area contributed by atoms with E-state index < -0.39 is 0 Å². The molecule has 4 rings (SSSR count). The van der Waals surface area contributed by atoms with E-state index in [4.69, 9.17) is 9.47 Å². The van der Waals surface area contributed by atoms with Crippen molar-refractivity contribution in [2.75, 3.05) is 13.2 Å². The van der Waals surface area contributed by atoms with Crippen LogP contribution in [0.2, 0.25) is 0 Å². The summed E-state index contributed by atoms with van der Waals surface area (Å²) in [6, 6.07) is 23.3. The van der Waals surface area contributed by atoms with Gasteiger partial charge in [-0.2, -0.15) is 0 Å². The van der Waals surface area contributed by atoms with Crippen molar-refractivity contribution in [2.24, 2.45) is 0 Å². The lowest BCUT2D eigenvalue weighted by Crippen LogP contribution is -2.39. The van der Waals surface area contributed by atoms with E-state index in [1.54, 1.807) is 0 Å². The molecule has 30 heavy (non-hydrogen) atoms. The Hall–Kier alpha value is -3.47. The molecule has 2 atom stereocenters. The third kappa shape index (κ3) is 4.57. The van der Waals surface area contributed by atoms with E-state index >= 15 is 0 Å². The topological polar surface area (TPSA) is 59.6 Å². The standard InChI is InChI=1S/C25H26N2O3/c1-17-8-10-20(11-9-17)24(19-6-4-3-5-7-19)27-25(28)26-18(2)21-12-13-22-23(16-21)30-15-14-29-22/h3-13,16,18,24H,14-15H2,1-2H3,(H2,26,27,28). The van der Waals surface area contributed by atoms with E-state index in [1.807, 2.05) is 55.5 Å². The Morgan fingerprint density at radius 1 is 0.800 bits per heavy atom. The predicted molar refractivity (Wildman–Crippen MR) is 117 cm³/mol. The number of hydrogen-bond donors (Lipinski definition) is 2. The van der Waals surface area contributed by atoms with Gasteiger partial charge in [0.05, 0.1) is 12.1 Å². The molecule has 0 spiro atoms. The van der Waals surface area contributed by atoms with Crippen LogP contribution in [0, 0.1) is 6.92 Å². The molecule has 3 aromatic rings. The highest BCUT2D eigenvalue weighted by Gasteiger charge is 2.19. The van der Waals surface area contributed by atoms with Crippen molar-refractivity contribution in [2.45, 2.75) is 25.9 Å². The van der Waals surface area contributed by atoms with Crippen molar-refractivity contribution in [1.29, 1.82) is 0 Å². The average Bonchev–Trinajstić information content (AvgIpc) is 2.78. The minimum Gasteiger partial charge on any atom is -0.486 e. The first-order chi connectivity index (χ1) is 14.6. The van der Waals surface area contributed by atoms with Gasteiger partial charge in [0.25, 0.3) is 0 Å². The monoisotopic (exact) mass is 402 g/mol. The number of rotatable bonds is 5. The number of fused-ring (bicyclic) bond motifs is 1. The lowest BCUT2D eigenvalue weighted by atomic mass is 9.98. The first-order valence-corrected chi connectivity index (χ1v) is 10.2. The van der Waals surface area contributed by atoms with Crippen LogP contribution in [0.5, 0.6) is 11.5 Å². The molecule has 2 amide bonds. The number of nitrogens with one attached hydrogen (secondary N) is 2. The van der Waals surface area contributed by atoms with Crippen LogP contribution in [0.4, 0.5) is 4.79 Å². The fourth-order valence-corrected chi connectivity index (χ4v) is 3.55. The van der Waals surface area contributed by atoms with Gasteiger partial charge < -0.3 is 20.1 Å². The molecular formula is C25H26N2O3. The number of urea groups is 1. The number of ether oxygens (including phenoxy) is 2. The second-order valence-electron chi connectivity index (χ2n) is 7.50.